The Morgan fingerprint density at radius 1 is 1.32 bits per heavy atom. The number of hydrogen-bond acceptors (Lipinski definition) is 3. The van der Waals surface area contributed by atoms with Gasteiger partial charge in [0, 0.05) is 27.0 Å². The molecule has 1 N–H and O–H groups in total. The number of rotatable bonds is 7. The summed E-state index contributed by atoms with van der Waals surface area (Å²) in [6, 6.07) is 6.21. The molecule has 1 aromatic rings. The molecule has 0 aliphatic rings. The van der Waals surface area contributed by atoms with Crippen LogP contribution in [0, 0.1) is 0 Å². The van der Waals surface area contributed by atoms with Crippen molar-refractivity contribution in [2.24, 2.45) is 0 Å². The summed E-state index contributed by atoms with van der Waals surface area (Å²) in [5, 5.41) is 3.41. The molecule has 0 heterocycles. The number of benzene rings is 1. The van der Waals surface area contributed by atoms with Crippen LogP contribution in [0.15, 0.2) is 27.1 Å². The molecule has 3 nitrogen and oxygen atoms in total. The maximum atomic E-state index is 11.2. The third kappa shape index (κ3) is 6.38. The predicted molar refractivity (Wildman–Crippen MR) is 87.2 cm³/mol. The summed E-state index contributed by atoms with van der Waals surface area (Å²) in [5.74, 6) is 0.237. The van der Waals surface area contributed by atoms with E-state index < -0.39 is 9.84 Å². The van der Waals surface area contributed by atoms with Gasteiger partial charge >= 0.3 is 0 Å². The van der Waals surface area contributed by atoms with Gasteiger partial charge in [-0.05, 0) is 43.1 Å². The topological polar surface area (TPSA) is 46.2 Å². The standard InChI is InChI=1S/C13H19Br2NO2S/c1-3-16-13(5-4-8-19(2,17)18)11-9-10(14)6-7-12(11)15/h6-7,9,13,16H,3-5,8H2,1-2H3. The highest BCUT2D eigenvalue weighted by molar-refractivity contribution is 9.11. The molecule has 6 heteroatoms. The minimum atomic E-state index is -2.88. The largest absolute Gasteiger partial charge is 0.310 e. The van der Waals surface area contributed by atoms with Crippen LogP contribution in [0.3, 0.4) is 0 Å². The first-order valence-electron chi connectivity index (χ1n) is 6.19. The van der Waals surface area contributed by atoms with Crippen LogP contribution in [0.5, 0.6) is 0 Å². The molecule has 0 fully saturated rings. The van der Waals surface area contributed by atoms with Gasteiger partial charge in [0.1, 0.15) is 9.84 Å². The van der Waals surface area contributed by atoms with E-state index in [1.807, 2.05) is 12.1 Å². The van der Waals surface area contributed by atoms with Gasteiger partial charge in [-0.15, -0.1) is 0 Å². The first kappa shape index (κ1) is 17.1. The summed E-state index contributed by atoms with van der Waals surface area (Å²) in [6.45, 7) is 2.90. The second kappa shape index (κ2) is 7.76. The molecule has 0 amide bonds. The Balaban J connectivity index is 2.79. The highest BCUT2D eigenvalue weighted by atomic mass is 79.9. The van der Waals surface area contributed by atoms with Crippen molar-refractivity contribution in [3.05, 3.63) is 32.7 Å². The molecule has 0 saturated carbocycles. The monoisotopic (exact) mass is 411 g/mol. The zero-order chi connectivity index (χ0) is 14.5. The van der Waals surface area contributed by atoms with Gasteiger partial charge in [0.15, 0.2) is 0 Å². The average molecular weight is 413 g/mol. The van der Waals surface area contributed by atoms with E-state index in [4.69, 9.17) is 0 Å². The highest BCUT2D eigenvalue weighted by Gasteiger charge is 2.15. The summed E-state index contributed by atoms with van der Waals surface area (Å²) >= 11 is 7.02. The van der Waals surface area contributed by atoms with Gasteiger partial charge in [0.25, 0.3) is 0 Å². The molecule has 1 rings (SSSR count). The van der Waals surface area contributed by atoms with Crippen LogP contribution in [0.25, 0.3) is 0 Å². The number of halogens is 2. The second-order valence-corrected chi connectivity index (χ2v) is 8.58. The Labute approximate surface area is 132 Å². The molecule has 19 heavy (non-hydrogen) atoms. The Kier molecular flexibility index (Phi) is 7.00. The lowest BCUT2D eigenvalue weighted by Crippen LogP contribution is -2.22. The van der Waals surface area contributed by atoms with E-state index in [-0.39, 0.29) is 11.8 Å². The molecule has 0 bridgehead atoms. The van der Waals surface area contributed by atoms with Gasteiger partial charge in [-0.2, -0.15) is 0 Å². The van der Waals surface area contributed by atoms with Gasteiger partial charge in [0.2, 0.25) is 0 Å². The van der Waals surface area contributed by atoms with Crippen molar-refractivity contribution < 1.29 is 8.42 Å². The smallest absolute Gasteiger partial charge is 0.147 e. The fraction of sp³-hybridized carbons (Fsp3) is 0.538. The van der Waals surface area contributed by atoms with Gasteiger partial charge in [-0.1, -0.05) is 38.8 Å². The van der Waals surface area contributed by atoms with E-state index in [9.17, 15) is 8.42 Å². The Morgan fingerprint density at radius 2 is 2.00 bits per heavy atom. The Hall–Kier alpha value is 0.0900. The van der Waals surface area contributed by atoms with E-state index in [0.717, 1.165) is 27.5 Å². The van der Waals surface area contributed by atoms with Crippen molar-refractivity contribution in [1.29, 1.82) is 0 Å². The van der Waals surface area contributed by atoms with Crippen LogP contribution in [0.2, 0.25) is 0 Å². The molecule has 0 saturated heterocycles. The van der Waals surface area contributed by atoms with E-state index in [0.29, 0.717) is 6.42 Å². The molecule has 0 aliphatic carbocycles. The zero-order valence-electron chi connectivity index (χ0n) is 11.1. The summed E-state index contributed by atoms with van der Waals surface area (Å²) in [4.78, 5) is 0. The quantitative estimate of drug-likeness (QED) is 0.742. The normalized spacial score (nSPS) is 13.5. The fourth-order valence-electron chi connectivity index (χ4n) is 1.95. The summed E-state index contributed by atoms with van der Waals surface area (Å²) in [5.41, 5.74) is 1.16. The summed E-state index contributed by atoms with van der Waals surface area (Å²) in [6.07, 6.45) is 2.75. The average Bonchev–Trinajstić information content (AvgIpc) is 2.30. The maximum Gasteiger partial charge on any atom is 0.147 e. The first-order valence-corrected chi connectivity index (χ1v) is 9.84. The molecule has 0 radical (unpaired) electrons. The van der Waals surface area contributed by atoms with Crippen LogP contribution in [-0.4, -0.2) is 27.0 Å². The van der Waals surface area contributed by atoms with Gasteiger partial charge in [0.05, 0.1) is 0 Å². The van der Waals surface area contributed by atoms with Crippen LogP contribution in [0.4, 0.5) is 0 Å². The van der Waals surface area contributed by atoms with Crippen LogP contribution in [-0.2, 0) is 9.84 Å². The minimum absolute atomic E-state index is 0.165. The lowest BCUT2D eigenvalue weighted by molar-refractivity contribution is 0.505. The van der Waals surface area contributed by atoms with Crippen molar-refractivity contribution in [2.75, 3.05) is 18.6 Å². The lowest BCUT2D eigenvalue weighted by Gasteiger charge is -2.20. The van der Waals surface area contributed by atoms with Crippen molar-refractivity contribution >= 4 is 41.7 Å². The third-order valence-electron chi connectivity index (χ3n) is 2.79. The molecular formula is C13H19Br2NO2S. The first-order chi connectivity index (χ1) is 8.83. The maximum absolute atomic E-state index is 11.2. The Bertz CT molecular complexity index is 517. The summed E-state index contributed by atoms with van der Waals surface area (Å²) < 4.78 is 24.4. The van der Waals surface area contributed by atoms with Crippen molar-refractivity contribution in [2.45, 2.75) is 25.8 Å². The zero-order valence-corrected chi connectivity index (χ0v) is 15.1. The lowest BCUT2D eigenvalue weighted by atomic mass is 10.0. The van der Waals surface area contributed by atoms with Crippen molar-refractivity contribution in [1.82, 2.24) is 5.32 Å². The van der Waals surface area contributed by atoms with E-state index in [2.05, 4.69) is 50.2 Å². The second-order valence-electron chi connectivity index (χ2n) is 4.55. The SMILES string of the molecule is CCNC(CCCS(C)(=O)=O)c1cc(Br)ccc1Br. The molecule has 1 aromatic carbocycles. The third-order valence-corrected chi connectivity index (χ3v) is 5.04. The number of nitrogens with one attached hydrogen (secondary N) is 1. The van der Waals surface area contributed by atoms with Gasteiger partial charge < -0.3 is 5.32 Å². The molecule has 0 aliphatic heterocycles. The molecular weight excluding hydrogens is 394 g/mol. The predicted octanol–water partition coefficient (Wildman–Crippen LogP) is 3.69. The molecule has 1 atom stereocenters. The van der Waals surface area contributed by atoms with Crippen molar-refractivity contribution in [3.8, 4) is 0 Å². The van der Waals surface area contributed by atoms with E-state index in [1.54, 1.807) is 0 Å². The fourth-order valence-corrected chi connectivity index (χ4v) is 3.54. The number of sulfone groups is 1. The number of hydrogen-bond donors (Lipinski definition) is 1. The molecule has 108 valence electrons. The minimum Gasteiger partial charge on any atom is -0.310 e. The van der Waals surface area contributed by atoms with Crippen LogP contribution >= 0.6 is 31.9 Å². The van der Waals surface area contributed by atoms with Crippen LogP contribution in [0.1, 0.15) is 31.4 Å². The van der Waals surface area contributed by atoms with Gasteiger partial charge in [-0.25, -0.2) is 8.42 Å². The van der Waals surface area contributed by atoms with Gasteiger partial charge in [-0.3, -0.25) is 0 Å². The van der Waals surface area contributed by atoms with E-state index >= 15 is 0 Å². The molecule has 0 spiro atoms. The highest BCUT2D eigenvalue weighted by Crippen LogP contribution is 2.29. The van der Waals surface area contributed by atoms with Crippen LogP contribution < -0.4 is 5.32 Å². The molecule has 1 unspecified atom stereocenters. The van der Waals surface area contributed by atoms with E-state index in [1.165, 1.54) is 6.26 Å². The Morgan fingerprint density at radius 3 is 2.58 bits per heavy atom. The summed E-state index contributed by atoms with van der Waals surface area (Å²) in [7, 11) is -2.88. The van der Waals surface area contributed by atoms with Crippen molar-refractivity contribution in [3.63, 3.8) is 0 Å². The molecule has 0 aromatic heterocycles.